The quantitative estimate of drug-likeness (QED) is 0.774. The molecule has 3 heteroatoms. The first-order chi connectivity index (χ1) is 5.95. The molecule has 0 saturated carbocycles. The molecule has 1 aromatic rings. The molecule has 0 N–H and O–H groups in total. The Morgan fingerprint density at radius 2 is 2.00 bits per heavy atom. The van der Waals surface area contributed by atoms with Gasteiger partial charge in [-0.3, -0.25) is 0 Å². The summed E-state index contributed by atoms with van der Waals surface area (Å²) in [5.41, 5.74) is -0.672. The summed E-state index contributed by atoms with van der Waals surface area (Å²) in [4.78, 5) is 0. The zero-order chi connectivity index (χ0) is 10.1. The third-order valence-corrected chi connectivity index (χ3v) is 2.46. The molecule has 0 aliphatic rings. The molecule has 0 unspecified atom stereocenters. The number of hydrogen-bond donors (Lipinski definition) is 0. The highest BCUT2D eigenvalue weighted by atomic mass is 79.9. The lowest BCUT2D eigenvalue weighted by Gasteiger charge is -2.15. The van der Waals surface area contributed by atoms with E-state index in [1.807, 2.05) is 0 Å². The van der Waals surface area contributed by atoms with Crippen LogP contribution in [0.15, 0.2) is 22.7 Å². The highest BCUT2D eigenvalue weighted by molar-refractivity contribution is 9.10. The summed E-state index contributed by atoms with van der Waals surface area (Å²) in [6, 6.07) is 5.21. The van der Waals surface area contributed by atoms with E-state index in [4.69, 9.17) is 4.74 Å². The van der Waals surface area contributed by atoms with Gasteiger partial charge in [-0.15, -0.1) is 0 Å². The summed E-state index contributed by atoms with van der Waals surface area (Å²) in [7, 11) is 1.58. The molecule has 0 radical (unpaired) electrons. The van der Waals surface area contributed by atoms with Gasteiger partial charge in [-0.1, -0.05) is 6.07 Å². The summed E-state index contributed by atoms with van der Waals surface area (Å²) in [6.07, 6.45) is 0. The minimum atomic E-state index is -1.31. The Hall–Kier alpha value is -0.570. The van der Waals surface area contributed by atoms with Crippen molar-refractivity contribution in [1.29, 1.82) is 0 Å². The first-order valence-electron chi connectivity index (χ1n) is 3.98. The number of ether oxygens (including phenoxy) is 1. The molecule has 0 spiro atoms. The van der Waals surface area contributed by atoms with Gasteiger partial charge in [0, 0.05) is 0 Å². The molecule has 1 rings (SSSR count). The highest BCUT2D eigenvalue weighted by Gasteiger charge is 2.19. The molecule has 0 bridgehead atoms. The van der Waals surface area contributed by atoms with E-state index >= 15 is 0 Å². The van der Waals surface area contributed by atoms with Crippen molar-refractivity contribution in [2.45, 2.75) is 19.5 Å². The van der Waals surface area contributed by atoms with Crippen molar-refractivity contribution in [2.24, 2.45) is 0 Å². The monoisotopic (exact) mass is 246 g/mol. The van der Waals surface area contributed by atoms with E-state index in [-0.39, 0.29) is 0 Å². The molecule has 1 nitrogen and oxygen atoms in total. The second-order valence-corrected chi connectivity index (χ2v) is 4.18. The normalized spacial score (nSPS) is 11.5. The molecule has 13 heavy (non-hydrogen) atoms. The van der Waals surface area contributed by atoms with Gasteiger partial charge < -0.3 is 4.74 Å². The zero-order valence-corrected chi connectivity index (χ0v) is 9.48. The van der Waals surface area contributed by atoms with Crippen molar-refractivity contribution >= 4 is 15.9 Å². The van der Waals surface area contributed by atoms with Gasteiger partial charge in [-0.05, 0) is 47.5 Å². The summed E-state index contributed by atoms with van der Waals surface area (Å²) in [5, 5.41) is 0. The minimum Gasteiger partial charge on any atom is -0.496 e. The van der Waals surface area contributed by atoms with Crippen molar-refractivity contribution in [3.8, 4) is 5.75 Å². The lowest BCUT2D eigenvalue weighted by atomic mass is 10.0. The summed E-state index contributed by atoms with van der Waals surface area (Å²) >= 11 is 3.31. The van der Waals surface area contributed by atoms with Crippen LogP contribution >= 0.6 is 15.9 Å². The molecule has 0 fully saturated rings. The number of halogens is 2. The van der Waals surface area contributed by atoms with Crippen molar-refractivity contribution in [3.05, 3.63) is 28.2 Å². The maximum atomic E-state index is 13.5. The van der Waals surface area contributed by atoms with Crippen molar-refractivity contribution in [3.63, 3.8) is 0 Å². The van der Waals surface area contributed by atoms with Crippen LogP contribution in [0, 0.1) is 0 Å². The number of alkyl halides is 1. The predicted molar refractivity (Wildman–Crippen MR) is 54.8 cm³/mol. The molecule has 0 saturated heterocycles. The van der Waals surface area contributed by atoms with E-state index in [9.17, 15) is 4.39 Å². The van der Waals surface area contributed by atoms with Crippen LogP contribution < -0.4 is 4.74 Å². The fourth-order valence-electron chi connectivity index (χ4n) is 1.04. The van der Waals surface area contributed by atoms with Crippen LogP contribution in [-0.4, -0.2) is 7.11 Å². The highest BCUT2D eigenvalue weighted by Crippen LogP contribution is 2.31. The van der Waals surface area contributed by atoms with Gasteiger partial charge in [0.25, 0.3) is 0 Å². The number of rotatable bonds is 2. The Balaban J connectivity index is 3.10. The molecule has 0 aromatic heterocycles. The van der Waals surface area contributed by atoms with E-state index in [0.29, 0.717) is 11.3 Å². The van der Waals surface area contributed by atoms with Gasteiger partial charge in [-0.25, -0.2) is 4.39 Å². The maximum absolute atomic E-state index is 13.5. The maximum Gasteiger partial charge on any atom is 0.133 e. The van der Waals surface area contributed by atoms with Gasteiger partial charge in [0.2, 0.25) is 0 Å². The lowest BCUT2D eigenvalue weighted by Crippen LogP contribution is -2.08. The van der Waals surface area contributed by atoms with E-state index in [0.717, 1.165) is 4.47 Å². The van der Waals surface area contributed by atoms with Crippen LogP contribution in [0.3, 0.4) is 0 Å². The average molecular weight is 247 g/mol. The van der Waals surface area contributed by atoms with Crippen molar-refractivity contribution in [1.82, 2.24) is 0 Å². The van der Waals surface area contributed by atoms with Crippen LogP contribution in [-0.2, 0) is 5.67 Å². The number of benzene rings is 1. The van der Waals surface area contributed by atoms with Gasteiger partial charge >= 0.3 is 0 Å². The SMILES string of the molecule is COc1ccc(C(C)(C)F)cc1Br. The Morgan fingerprint density at radius 3 is 2.38 bits per heavy atom. The van der Waals surface area contributed by atoms with E-state index in [2.05, 4.69) is 15.9 Å². The van der Waals surface area contributed by atoms with Crippen LogP contribution in [0.4, 0.5) is 4.39 Å². The van der Waals surface area contributed by atoms with E-state index in [1.54, 1.807) is 25.3 Å². The smallest absolute Gasteiger partial charge is 0.133 e. The van der Waals surface area contributed by atoms with Crippen LogP contribution in [0.1, 0.15) is 19.4 Å². The van der Waals surface area contributed by atoms with Gasteiger partial charge in [0.1, 0.15) is 11.4 Å². The summed E-state index contributed by atoms with van der Waals surface area (Å²) in [6.45, 7) is 3.06. The summed E-state index contributed by atoms with van der Waals surface area (Å²) < 4.78 is 19.3. The largest absolute Gasteiger partial charge is 0.496 e. The van der Waals surface area contributed by atoms with Crippen molar-refractivity contribution in [2.75, 3.05) is 7.11 Å². The van der Waals surface area contributed by atoms with Gasteiger partial charge in [0.15, 0.2) is 0 Å². The van der Waals surface area contributed by atoms with Gasteiger partial charge in [0.05, 0.1) is 11.6 Å². The first kappa shape index (κ1) is 10.5. The van der Waals surface area contributed by atoms with Crippen LogP contribution in [0.2, 0.25) is 0 Å². The standard InChI is InChI=1S/C10H12BrFO/c1-10(2,12)7-4-5-9(13-3)8(11)6-7/h4-6H,1-3H3. The molecular formula is C10H12BrFO. The fraction of sp³-hybridized carbons (Fsp3) is 0.400. The van der Waals surface area contributed by atoms with Crippen LogP contribution in [0.5, 0.6) is 5.75 Å². The van der Waals surface area contributed by atoms with Crippen molar-refractivity contribution < 1.29 is 9.13 Å². The van der Waals surface area contributed by atoms with E-state index in [1.165, 1.54) is 13.8 Å². The molecular weight excluding hydrogens is 235 g/mol. The zero-order valence-electron chi connectivity index (χ0n) is 7.90. The second kappa shape index (κ2) is 3.66. The van der Waals surface area contributed by atoms with Gasteiger partial charge in [-0.2, -0.15) is 0 Å². The Kier molecular flexibility index (Phi) is 2.96. The van der Waals surface area contributed by atoms with E-state index < -0.39 is 5.67 Å². The molecule has 0 aliphatic heterocycles. The Labute approximate surface area is 86.0 Å². The summed E-state index contributed by atoms with van der Waals surface area (Å²) in [5.74, 6) is 0.716. The topological polar surface area (TPSA) is 9.23 Å². The Bertz CT molecular complexity index is 304. The number of hydrogen-bond acceptors (Lipinski definition) is 1. The molecule has 0 amide bonds. The fourth-order valence-corrected chi connectivity index (χ4v) is 1.58. The lowest BCUT2D eigenvalue weighted by molar-refractivity contribution is 0.221. The average Bonchev–Trinajstić information content (AvgIpc) is 2.02. The third kappa shape index (κ3) is 2.44. The molecule has 0 aliphatic carbocycles. The number of methoxy groups -OCH3 is 1. The molecule has 72 valence electrons. The molecule has 1 aromatic carbocycles. The predicted octanol–water partition coefficient (Wildman–Crippen LogP) is 3.66. The Morgan fingerprint density at radius 1 is 1.38 bits per heavy atom. The molecule has 0 heterocycles. The van der Waals surface area contributed by atoms with Crippen LogP contribution in [0.25, 0.3) is 0 Å². The first-order valence-corrected chi connectivity index (χ1v) is 4.77. The second-order valence-electron chi connectivity index (χ2n) is 3.32. The minimum absolute atomic E-state index is 0.639. The molecule has 0 atom stereocenters. The third-order valence-electron chi connectivity index (χ3n) is 1.84.